The first-order chi connectivity index (χ1) is 22.8. The topological polar surface area (TPSA) is 0 Å². The zero-order valence-electron chi connectivity index (χ0n) is 26.5. The van der Waals surface area contributed by atoms with Gasteiger partial charge >= 0.3 is 0 Å². The Morgan fingerprint density at radius 2 is 0.587 bits per heavy atom. The summed E-state index contributed by atoms with van der Waals surface area (Å²) in [7, 11) is -1.14. The Bertz CT molecular complexity index is 1550. The molecule has 0 nitrogen and oxygen atoms in total. The van der Waals surface area contributed by atoms with Crippen LogP contribution in [0.25, 0.3) is 0 Å². The van der Waals surface area contributed by atoms with E-state index in [2.05, 4.69) is 170 Å². The largest absolute Gasteiger partial charge is 0.0622 e. The minimum atomic E-state index is -0.571. The molecule has 0 aromatic heterocycles. The normalized spacial score (nSPS) is 17.0. The van der Waals surface area contributed by atoms with Crippen LogP contribution in [0, 0.1) is 0 Å². The van der Waals surface area contributed by atoms with E-state index in [4.69, 9.17) is 0 Å². The van der Waals surface area contributed by atoms with Crippen LogP contribution in [0.5, 0.6) is 0 Å². The fourth-order valence-electron chi connectivity index (χ4n) is 7.14. The number of hydrogen-bond donors (Lipinski definition) is 0. The first kappa shape index (κ1) is 30.8. The highest BCUT2D eigenvalue weighted by atomic mass is 31.1. The van der Waals surface area contributed by atoms with Gasteiger partial charge in [0.05, 0.1) is 0 Å². The van der Waals surface area contributed by atoms with Crippen molar-refractivity contribution in [2.75, 3.05) is 0 Å². The Morgan fingerprint density at radius 1 is 0.304 bits per heavy atom. The zero-order chi connectivity index (χ0) is 31.0. The van der Waals surface area contributed by atoms with Crippen LogP contribution in [-0.2, 0) is 0 Å². The molecule has 0 radical (unpaired) electrons. The summed E-state index contributed by atoms with van der Waals surface area (Å²) in [5.74, 6) is 1.20. The van der Waals surface area contributed by atoms with Gasteiger partial charge in [-0.25, -0.2) is 0 Å². The smallest absolute Gasteiger partial charge is 0.0134 e. The molecule has 2 heteroatoms. The van der Waals surface area contributed by atoms with Crippen molar-refractivity contribution >= 4 is 47.7 Å². The van der Waals surface area contributed by atoms with Crippen molar-refractivity contribution in [3.05, 3.63) is 181 Å². The Morgan fingerprint density at radius 3 is 0.891 bits per heavy atom. The van der Waals surface area contributed by atoms with Crippen molar-refractivity contribution in [3.8, 4) is 0 Å². The maximum atomic E-state index is 2.45. The molecule has 1 aliphatic rings. The highest BCUT2D eigenvalue weighted by Crippen LogP contribution is 2.40. The quantitative estimate of drug-likeness (QED) is 0.147. The minimum absolute atomic E-state index is 0.571. The molecule has 0 bridgehead atoms. The Labute approximate surface area is 278 Å². The molecular weight excluding hydrogens is 590 g/mol. The predicted octanol–water partition coefficient (Wildman–Crippen LogP) is 9.42. The summed E-state index contributed by atoms with van der Waals surface area (Å²) < 4.78 is 0. The Kier molecular flexibility index (Phi) is 10.2. The lowest BCUT2D eigenvalue weighted by molar-refractivity contribution is 0.414. The van der Waals surface area contributed by atoms with Gasteiger partial charge in [-0.05, 0) is 89.9 Å². The third kappa shape index (κ3) is 7.26. The molecule has 0 heterocycles. The van der Waals surface area contributed by atoms with Crippen LogP contribution >= 0.6 is 15.8 Å². The van der Waals surface area contributed by atoms with E-state index >= 15 is 0 Å². The summed E-state index contributed by atoms with van der Waals surface area (Å²) >= 11 is 0. The van der Waals surface area contributed by atoms with Gasteiger partial charge in [0.25, 0.3) is 0 Å². The van der Waals surface area contributed by atoms with E-state index in [9.17, 15) is 0 Å². The monoisotopic (exact) mass is 632 g/mol. The Hall–Kier alpha value is -3.82. The van der Waals surface area contributed by atoms with Crippen LogP contribution in [0.15, 0.2) is 170 Å². The van der Waals surface area contributed by atoms with Gasteiger partial charge in [-0.2, -0.15) is 0 Å². The van der Waals surface area contributed by atoms with Gasteiger partial charge < -0.3 is 0 Å². The first-order valence-corrected chi connectivity index (χ1v) is 19.5. The molecule has 1 fully saturated rings. The first-order valence-electron chi connectivity index (χ1n) is 16.8. The van der Waals surface area contributed by atoms with Gasteiger partial charge in [0.15, 0.2) is 0 Å². The minimum Gasteiger partial charge on any atom is -0.0622 e. The van der Waals surface area contributed by atoms with Gasteiger partial charge in [-0.1, -0.05) is 189 Å². The summed E-state index contributed by atoms with van der Waals surface area (Å²) in [6.45, 7) is 0. The lowest BCUT2D eigenvalue weighted by atomic mass is 9.78. The van der Waals surface area contributed by atoms with Crippen LogP contribution in [0.3, 0.4) is 0 Å². The molecular formula is C44H42P2. The lowest BCUT2D eigenvalue weighted by Gasteiger charge is -2.28. The van der Waals surface area contributed by atoms with Crippen LogP contribution in [-0.4, -0.2) is 0 Å². The molecule has 2 unspecified atom stereocenters. The Balaban J connectivity index is 1.13. The molecule has 0 aliphatic heterocycles. The average Bonchev–Trinajstić information content (AvgIpc) is 3.11. The SMILES string of the molecule is c1ccc(P(c2ccccc2)c2ccc(C3CCCCCC(c4ccc(P(c5ccccc5)c5ccccc5)cc4)C3)cc2)cc1. The maximum Gasteiger partial charge on any atom is -0.0134 e. The molecule has 0 saturated heterocycles. The predicted molar refractivity (Wildman–Crippen MR) is 203 cm³/mol. The van der Waals surface area contributed by atoms with Crippen molar-refractivity contribution in [1.29, 1.82) is 0 Å². The molecule has 6 aromatic carbocycles. The van der Waals surface area contributed by atoms with Crippen molar-refractivity contribution in [2.45, 2.75) is 50.4 Å². The summed E-state index contributed by atoms with van der Waals surface area (Å²) in [5, 5.41) is 8.51. The fraction of sp³-hybridized carbons (Fsp3) is 0.182. The summed E-state index contributed by atoms with van der Waals surface area (Å²) in [6.07, 6.45) is 7.80. The molecule has 0 N–H and O–H groups in total. The van der Waals surface area contributed by atoms with Crippen molar-refractivity contribution in [2.24, 2.45) is 0 Å². The van der Waals surface area contributed by atoms with E-state index < -0.39 is 15.8 Å². The summed E-state index contributed by atoms with van der Waals surface area (Å²) in [5.41, 5.74) is 3.03. The van der Waals surface area contributed by atoms with Crippen LogP contribution in [0.2, 0.25) is 0 Å². The number of rotatable bonds is 8. The van der Waals surface area contributed by atoms with Gasteiger partial charge in [-0.3, -0.25) is 0 Å². The molecule has 7 rings (SSSR count). The molecule has 46 heavy (non-hydrogen) atoms. The third-order valence-corrected chi connectivity index (χ3v) is 14.4. The fourth-order valence-corrected chi connectivity index (χ4v) is 11.7. The van der Waals surface area contributed by atoms with Crippen LogP contribution < -0.4 is 31.8 Å². The second-order valence-corrected chi connectivity index (χ2v) is 16.9. The molecule has 228 valence electrons. The number of benzene rings is 6. The molecule has 1 aliphatic carbocycles. The highest BCUT2D eigenvalue weighted by Gasteiger charge is 2.24. The summed E-state index contributed by atoms with van der Waals surface area (Å²) in [6, 6.07) is 63.7. The number of hydrogen-bond acceptors (Lipinski definition) is 0. The average molecular weight is 633 g/mol. The second-order valence-electron chi connectivity index (χ2n) is 12.5. The molecule has 0 amide bonds. The lowest BCUT2D eigenvalue weighted by Crippen LogP contribution is -2.21. The molecule has 1 saturated carbocycles. The van der Waals surface area contributed by atoms with E-state index in [1.54, 1.807) is 0 Å². The highest BCUT2D eigenvalue weighted by molar-refractivity contribution is 7.80. The standard InChI is InChI=1S/C44H42P2/c1-6-16-37(35-26-30-43(31-27-35)45(39-18-8-2-9-19-39)40-20-10-3-11-21-40)34-38(17-7-1)36-28-32-44(33-29-36)46(41-22-12-4-13-23-41)42-24-14-5-15-25-42/h2-5,8-15,18-33,37-38H,1,6-7,16-17,34H2. The van der Waals surface area contributed by atoms with Crippen LogP contribution in [0.4, 0.5) is 0 Å². The van der Waals surface area contributed by atoms with E-state index in [0.717, 1.165) is 0 Å². The van der Waals surface area contributed by atoms with E-state index in [1.807, 2.05) is 0 Å². The second kappa shape index (κ2) is 15.2. The van der Waals surface area contributed by atoms with Crippen LogP contribution in [0.1, 0.15) is 61.5 Å². The van der Waals surface area contributed by atoms with E-state index in [-0.39, 0.29) is 0 Å². The van der Waals surface area contributed by atoms with Gasteiger partial charge in [-0.15, -0.1) is 0 Å². The maximum absolute atomic E-state index is 2.45. The zero-order valence-corrected chi connectivity index (χ0v) is 28.2. The van der Waals surface area contributed by atoms with Crippen molar-refractivity contribution < 1.29 is 0 Å². The molecule has 0 spiro atoms. The third-order valence-electron chi connectivity index (χ3n) is 9.48. The van der Waals surface area contributed by atoms with Gasteiger partial charge in [0.1, 0.15) is 0 Å². The van der Waals surface area contributed by atoms with Crippen molar-refractivity contribution in [1.82, 2.24) is 0 Å². The van der Waals surface area contributed by atoms with Crippen molar-refractivity contribution in [3.63, 3.8) is 0 Å². The molecule has 6 aromatic rings. The van der Waals surface area contributed by atoms with Gasteiger partial charge in [0, 0.05) is 0 Å². The summed E-state index contributed by atoms with van der Waals surface area (Å²) in [4.78, 5) is 0. The van der Waals surface area contributed by atoms with E-state index in [1.165, 1.54) is 81.5 Å². The molecule has 2 atom stereocenters. The van der Waals surface area contributed by atoms with E-state index in [0.29, 0.717) is 11.8 Å². The van der Waals surface area contributed by atoms with Gasteiger partial charge in [0.2, 0.25) is 0 Å².